The first kappa shape index (κ1) is 15.4. The fourth-order valence-corrected chi connectivity index (χ4v) is 3.02. The lowest BCUT2D eigenvalue weighted by molar-refractivity contribution is 0.0784. The van der Waals surface area contributed by atoms with Gasteiger partial charge in [0.25, 0.3) is 5.91 Å². The van der Waals surface area contributed by atoms with Crippen LogP contribution in [0.3, 0.4) is 0 Å². The number of aryl methyl sites for hydroxylation is 1. The number of methoxy groups -OCH3 is 2. The van der Waals surface area contributed by atoms with Crippen LogP contribution >= 0.6 is 0 Å². The zero-order valence-electron chi connectivity index (χ0n) is 13.5. The molecule has 0 N–H and O–H groups in total. The highest BCUT2D eigenvalue weighted by molar-refractivity contribution is 5.93. The summed E-state index contributed by atoms with van der Waals surface area (Å²) in [6.45, 7) is 3.07. The molecule has 0 unspecified atom stereocenters. The fraction of sp³-hybridized carbons (Fsp3) is 0.412. The van der Waals surface area contributed by atoms with Gasteiger partial charge < -0.3 is 18.8 Å². The van der Waals surface area contributed by atoms with Crippen molar-refractivity contribution in [2.24, 2.45) is 0 Å². The smallest absolute Gasteiger partial charge is 0.276 e. The van der Waals surface area contributed by atoms with Crippen molar-refractivity contribution in [1.29, 1.82) is 0 Å². The average molecular weight is 316 g/mol. The van der Waals surface area contributed by atoms with E-state index in [0.717, 1.165) is 23.5 Å². The van der Waals surface area contributed by atoms with E-state index in [1.165, 1.54) is 6.39 Å². The summed E-state index contributed by atoms with van der Waals surface area (Å²) in [7, 11) is 3.30. The van der Waals surface area contributed by atoms with E-state index >= 15 is 0 Å². The first-order valence-electron chi connectivity index (χ1n) is 7.55. The van der Waals surface area contributed by atoms with Crippen LogP contribution in [0.25, 0.3) is 0 Å². The van der Waals surface area contributed by atoms with Crippen LogP contribution in [0.5, 0.6) is 11.5 Å². The summed E-state index contributed by atoms with van der Waals surface area (Å²) in [6, 6.07) is 5.76. The lowest BCUT2D eigenvalue weighted by Crippen LogP contribution is -2.29. The van der Waals surface area contributed by atoms with Gasteiger partial charge in [0.05, 0.1) is 14.2 Å². The second-order valence-corrected chi connectivity index (χ2v) is 5.60. The van der Waals surface area contributed by atoms with Gasteiger partial charge in [0.1, 0.15) is 17.3 Å². The Hall–Kier alpha value is -2.50. The van der Waals surface area contributed by atoms with Crippen molar-refractivity contribution in [3.8, 4) is 11.5 Å². The summed E-state index contributed by atoms with van der Waals surface area (Å²) in [5.41, 5.74) is 1.46. The van der Waals surface area contributed by atoms with E-state index in [-0.39, 0.29) is 11.8 Å². The second-order valence-electron chi connectivity index (χ2n) is 5.60. The highest BCUT2D eigenvalue weighted by Crippen LogP contribution is 2.36. The number of carbonyl (C=O) groups is 1. The summed E-state index contributed by atoms with van der Waals surface area (Å²) in [5, 5.41) is 0. The first-order chi connectivity index (χ1) is 11.1. The predicted octanol–water partition coefficient (Wildman–Crippen LogP) is 2.63. The molecular weight excluding hydrogens is 296 g/mol. The molecule has 1 aliphatic rings. The van der Waals surface area contributed by atoms with Crippen LogP contribution in [0.1, 0.15) is 34.2 Å². The number of carbonyl (C=O) groups excluding carboxylic acids is 1. The van der Waals surface area contributed by atoms with Gasteiger partial charge in [-0.3, -0.25) is 4.79 Å². The molecule has 1 aliphatic heterocycles. The number of ether oxygens (including phenoxy) is 2. The summed E-state index contributed by atoms with van der Waals surface area (Å²) in [5.74, 6) is 2.30. The minimum absolute atomic E-state index is 0.0828. The molecule has 1 aromatic heterocycles. The van der Waals surface area contributed by atoms with Crippen molar-refractivity contribution in [2.45, 2.75) is 19.3 Å². The lowest BCUT2D eigenvalue weighted by atomic mass is 9.97. The van der Waals surface area contributed by atoms with Crippen molar-refractivity contribution in [3.63, 3.8) is 0 Å². The van der Waals surface area contributed by atoms with Crippen LogP contribution in [0.4, 0.5) is 0 Å². The molecule has 23 heavy (non-hydrogen) atoms. The van der Waals surface area contributed by atoms with Gasteiger partial charge in [-0.25, -0.2) is 4.98 Å². The van der Waals surface area contributed by atoms with Crippen LogP contribution in [0.2, 0.25) is 0 Å². The molecule has 0 aliphatic carbocycles. The van der Waals surface area contributed by atoms with Crippen LogP contribution < -0.4 is 9.47 Å². The Morgan fingerprint density at radius 1 is 1.35 bits per heavy atom. The van der Waals surface area contributed by atoms with Crippen LogP contribution in [0.15, 0.2) is 29.0 Å². The molecule has 6 heteroatoms. The standard InChI is InChI=1S/C17H20N2O4/c1-11-16(18-10-23-11)17(20)19-7-6-12(9-19)14-8-13(21-2)4-5-15(14)22-3/h4-5,8,10,12H,6-7,9H2,1-3H3/t12-/m1/s1. The summed E-state index contributed by atoms with van der Waals surface area (Å²) in [4.78, 5) is 18.4. The third-order valence-electron chi connectivity index (χ3n) is 4.30. The number of nitrogens with zero attached hydrogens (tertiary/aromatic N) is 2. The van der Waals surface area contributed by atoms with Gasteiger partial charge in [-0.1, -0.05) is 0 Å². The van der Waals surface area contributed by atoms with E-state index in [9.17, 15) is 4.79 Å². The molecule has 1 saturated heterocycles. The molecule has 0 radical (unpaired) electrons. The normalized spacial score (nSPS) is 17.3. The third-order valence-corrected chi connectivity index (χ3v) is 4.30. The largest absolute Gasteiger partial charge is 0.497 e. The van der Waals surface area contributed by atoms with E-state index in [0.29, 0.717) is 24.5 Å². The Labute approximate surface area is 135 Å². The average Bonchev–Trinajstić information content (AvgIpc) is 3.22. The van der Waals surface area contributed by atoms with Crippen LogP contribution in [-0.2, 0) is 0 Å². The SMILES string of the molecule is COc1ccc(OC)c([C@@H]2CCN(C(=O)c3ncoc3C)C2)c1. The van der Waals surface area contributed by atoms with Crippen LogP contribution in [-0.4, -0.2) is 43.1 Å². The Kier molecular flexibility index (Phi) is 4.23. The molecule has 1 amide bonds. The number of oxazole rings is 1. The van der Waals surface area contributed by atoms with Gasteiger partial charge in [0, 0.05) is 24.6 Å². The maximum atomic E-state index is 12.5. The summed E-state index contributed by atoms with van der Waals surface area (Å²) >= 11 is 0. The monoisotopic (exact) mass is 316 g/mol. The maximum absolute atomic E-state index is 12.5. The highest BCUT2D eigenvalue weighted by atomic mass is 16.5. The first-order valence-corrected chi connectivity index (χ1v) is 7.55. The van der Waals surface area contributed by atoms with Crippen molar-refractivity contribution >= 4 is 5.91 Å². The van der Waals surface area contributed by atoms with Gasteiger partial charge >= 0.3 is 0 Å². The van der Waals surface area contributed by atoms with Gasteiger partial charge in [0.15, 0.2) is 12.1 Å². The van der Waals surface area contributed by atoms with Gasteiger partial charge in [0.2, 0.25) is 0 Å². The number of aromatic nitrogens is 1. The Balaban J connectivity index is 1.80. The molecule has 3 rings (SSSR count). The zero-order chi connectivity index (χ0) is 16.4. The highest BCUT2D eigenvalue weighted by Gasteiger charge is 2.31. The molecule has 2 heterocycles. The fourth-order valence-electron chi connectivity index (χ4n) is 3.02. The van der Waals surface area contributed by atoms with Crippen molar-refractivity contribution in [2.75, 3.05) is 27.3 Å². The second kappa shape index (κ2) is 6.32. The summed E-state index contributed by atoms with van der Waals surface area (Å²) in [6.07, 6.45) is 2.19. The Bertz CT molecular complexity index is 710. The zero-order valence-corrected chi connectivity index (χ0v) is 13.5. The number of hydrogen-bond acceptors (Lipinski definition) is 5. The number of amides is 1. The molecule has 6 nitrogen and oxygen atoms in total. The molecule has 1 atom stereocenters. The number of benzene rings is 1. The number of rotatable bonds is 4. The van der Waals surface area contributed by atoms with Crippen molar-refractivity contribution in [3.05, 3.63) is 41.6 Å². The van der Waals surface area contributed by atoms with Gasteiger partial charge in [-0.05, 0) is 31.5 Å². The number of hydrogen-bond donors (Lipinski definition) is 0. The minimum atomic E-state index is -0.0828. The van der Waals surface area contributed by atoms with E-state index < -0.39 is 0 Å². The van der Waals surface area contributed by atoms with Crippen molar-refractivity contribution in [1.82, 2.24) is 9.88 Å². The maximum Gasteiger partial charge on any atom is 0.276 e. The van der Waals surface area contributed by atoms with Crippen molar-refractivity contribution < 1.29 is 18.7 Å². The molecular formula is C17H20N2O4. The van der Waals surface area contributed by atoms with Crippen LogP contribution in [0, 0.1) is 6.92 Å². The Morgan fingerprint density at radius 3 is 2.83 bits per heavy atom. The molecule has 2 aromatic rings. The molecule has 0 saturated carbocycles. The van der Waals surface area contributed by atoms with E-state index in [1.54, 1.807) is 21.1 Å². The molecule has 0 bridgehead atoms. The summed E-state index contributed by atoms with van der Waals surface area (Å²) < 4.78 is 15.9. The Morgan fingerprint density at radius 2 is 2.17 bits per heavy atom. The molecule has 1 aromatic carbocycles. The van der Waals surface area contributed by atoms with E-state index in [1.807, 2.05) is 23.1 Å². The predicted molar refractivity (Wildman–Crippen MR) is 84.0 cm³/mol. The minimum Gasteiger partial charge on any atom is -0.497 e. The quantitative estimate of drug-likeness (QED) is 0.867. The topological polar surface area (TPSA) is 64.8 Å². The molecule has 1 fully saturated rings. The van der Waals surface area contributed by atoms with E-state index in [2.05, 4.69) is 4.98 Å². The lowest BCUT2D eigenvalue weighted by Gasteiger charge is -2.18. The van der Waals surface area contributed by atoms with Gasteiger partial charge in [-0.2, -0.15) is 0 Å². The molecule has 0 spiro atoms. The van der Waals surface area contributed by atoms with E-state index in [4.69, 9.17) is 13.9 Å². The third kappa shape index (κ3) is 2.88. The van der Waals surface area contributed by atoms with Gasteiger partial charge in [-0.15, -0.1) is 0 Å². The molecule has 122 valence electrons. The number of likely N-dealkylation sites (tertiary alicyclic amines) is 1.